The molecule has 0 N–H and O–H groups in total. The fraction of sp³-hybridized carbons (Fsp3) is 0.208. The van der Waals surface area contributed by atoms with Crippen molar-refractivity contribution in [2.75, 3.05) is 7.11 Å². The molecule has 2 heterocycles. The summed E-state index contributed by atoms with van der Waals surface area (Å²) in [7, 11) is 1.67. The molecular formula is C24H22BrN3O2S. The van der Waals surface area contributed by atoms with Gasteiger partial charge in [-0.1, -0.05) is 26.0 Å². The fourth-order valence-corrected chi connectivity index (χ4v) is 4.78. The molecular weight excluding hydrogens is 474 g/mol. The highest BCUT2D eigenvalue weighted by Crippen LogP contribution is 2.34. The van der Waals surface area contributed by atoms with Crippen LogP contribution in [0.4, 0.5) is 0 Å². The van der Waals surface area contributed by atoms with Crippen LogP contribution in [0.15, 0.2) is 62.2 Å². The first-order chi connectivity index (χ1) is 14.9. The van der Waals surface area contributed by atoms with Crippen LogP contribution in [-0.4, -0.2) is 23.0 Å². The van der Waals surface area contributed by atoms with E-state index in [1.807, 2.05) is 42.6 Å². The van der Waals surface area contributed by atoms with E-state index in [2.05, 4.69) is 40.9 Å². The molecule has 0 fully saturated rings. The van der Waals surface area contributed by atoms with Gasteiger partial charge in [-0.2, -0.15) is 9.78 Å². The first-order valence-electron chi connectivity index (χ1n) is 9.88. The number of aromatic nitrogens is 2. The van der Waals surface area contributed by atoms with E-state index < -0.39 is 0 Å². The number of methoxy groups -OCH3 is 1. The topological polar surface area (TPSA) is 56.5 Å². The monoisotopic (exact) mass is 495 g/mol. The van der Waals surface area contributed by atoms with Crippen molar-refractivity contribution in [1.29, 1.82) is 0 Å². The number of halogens is 1. The van der Waals surface area contributed by atoms with E-state index in [1.54, 1.807) is 30.7 Å². The molecule has 31 heavy (non-hydrogen) atoms. The number of nitrogens with zero attached hydrogens (tertiary/aromatic N) is 3. The third-order valence-corrected chi connectivity index (χ3v) is 6.71. The van der Waals surface area contributed by atoms with Gasteiger partial charge in [-0.15, -0.1) is 11.3 Å². The highest BCUT2D eigenvalue weighted by molar-refractivity contribution is 9.10. The van der Waals surface area contributed by atoms with Gasteiger partial charge in [0.05, 0.1) is 24.2 Å². The maximum atomic E-state index is 13.4. The molecule has 0 spiro atoms. The van der Waals surface area contributed by atoms with Crippen LogP contribution in [0, 0.1) is 6.92 Å². The largest absolute Gasteiger partial charge is 0.496 e. The number of para-hydroxylation sites is 1. The molecule has 0 aliphatic rings. The summed E-state index contributed by atoms with van der Waals surface area (Å²) in [6.07, 6.45) is 1.69. The summed E-state index contributed by atoms with van der Waals surface area (Å²) in [6.45, 7) is 6.23. The maximum absolute atomic E-state index is 13.4. The molecule has 0 unspecified atom stereocenters. The van der Waals surface area contributed by atoms with E-state index in [0.717, 1.165) is 31.8 Å². The highest BCUT2D eigenvalue weighted by atomic mass is 79.9. The van der Waals surface area contributed by atoms with E-state index in [1.165, 1.54) is 4.68 Å². The minimum atomic E-state index is -0.200. The summed E-state index contributed by atoms with van der Waals surface area (Å²) in [5, 5.41) is 7.06. The van der Waals surface area contributed by atoms with Gasteiger partial charge in [0, 0.05) is 20.3 Å². The fourth-order valence-electron chi connectivity index (χ4n) is 3.48. The normalized spacial score (nSPS) is 11.7. The van der Waals surface area contributed by atoms with Crippen LogP contribution in [0.2, 0.25) is 0 Å². The second-order valence-corrected chi connectivity index (χ2v) is 9.40. The highest BCUT2D eigenvalue weighted by Gasteiger charge is 2.18. The molecule has 0 aliphatic heterocycles. The van der Waals surface area contributed by atoms with Gasteiger partial charge in [0.1, 0.15) is 5.75 Å². The molecule has 5 nitrogen and oxygen atoms in total. The van der Waals surface area contributed by atoms with Crippen LogP contribution in [0.1, 0.15) is 35.8 Å². The lowest BCUT2D eigenvalue weighted by molar-refractivity contribution is 0.407. The quantitative estimate of drug-likeness (QED) is 0.309. The van der Waals surface area contributed by atoms with Crippen LogP contribution in [0.5, 0.6) is 5.75 Å². The van der Waals surface area contributed by atoms with Gasteiger partial charge in [0.25, 0.3) is 5.56 Å². The van der Waals surface area contributed by atoms with Gasteiger partial charge in [0.15, 0.2) is 5.82 Å². The van der Waals surface area contributed by atoms with Gasteiger partial charge < -0.3 is 4.74 Å². The second kappa shape index (κ2) is 8.77. The van der Waals surface area contributed by atoms with Crippen molar-refractivity contribution in [2.24, 2.45) is 5.10 Å². The van der Waals surface area contributed by atoms with Crippen molar-refractivity contribution in [2.45, 2.75) is 26.7 Å². The van der Waals surface area contributed by atoms with E-state index >= 15 is 0 Å². The molecule has 2 aromatic carbocycles. The van der Waals surface area contributed by atoms with Crippen molar-refractivity contribution < 1.29 is 4.74 Å². The number of hydrogen-bond donors (Lipinski definition) is 0. The number of hydrogen-bond acceptors (Lipinski definition) is 5. The minimum absolute atomic E-state index is 0.200. The lowest BCUT2D eigenvalue weighted by Gasteiger charge is -2.17. The first-order valence-corrected chi connectivity index (χ1v) is 11.6. The summed E-state index contributed by atoms with van der Waals surface area (Å²) >= 11 is 5.00. The Labute approximate surface area is 193 Å². The van der Waals surface area contributed by atoms with Gasteiger partial charge in [0.2, 0.25) is 0 Å². The predicted octanol–water partition coefficient (Wildman–Crippen LogP) is 6.21. The lowest BCUT2D eigenvalue weighted by atomic mass is 9.96. The standard InChI is InChI=1S/C24H22BrN3O2S/c1-14(2)19-11-20(15(3)9-22(19)30-4)23-27-21-8-6-5-7-18(21)24(29)28(23)26-12-17-10-16(25)13-31-17/h5-14H,1-4H3. The zero-order valence-corrected chi connectivity index (χ0v) is 20.1. The molecule has 4 aromatic rings. The smallest absolute Gasteiger partial charge is 0.282 e. The molecule has 158 valence electrons. The Balaban J connectivity index is 2.00. The Kier molecular flexibility index (Phi) is 6.07. The van der Waals surface area contributed by atoms with Gasteiger partial charge in [-0.3, -0.25) is 4.79 Å². The first kappa shape index (κ1) is 21.5. The molecule has 0 radical (unpaired) electrons. The Bertz CT molecular complexity index is 1350. The number of fused-ring (bicyclic) bond motifs is 1. The number of ether oxygens (including phenoxy) is 1. The van der Waals surface area contributed by atoms with Gasteiger partial charge in [-0.05, 0) is 70.2 Å². The number of aryl methyl sites for hydroxylation is 1. The number of thiophene rings is 1. The molecule has 0 amide bonds. The summed E-state index contributed by atoms with van der Waals surface area (Å²) in [5.41, 5.74) is 3.33. The number of rotatable bonds is 5. The van der Waals surface area contributed by atoms with E-state index in [4.69, 9.17) is 9.72 Å². The predicted molar refractivity (Wildman–Crippen MR) is 132 cm³/mol. The number of benzene rings is 2. The molecule has 0 aliphatic carbocycles. The molecule has 7 heteroatoms. The van der Waals surface area contributed by atoms with Gasteiger partial charge in [-0.25, -0.2) is 4.98 Å². The summed E-state index contributed by atoms with van der Waals surface area (Å²) in [4.78, 5) is 19.2. The Hall–Kier alpha value is -2.77. The molecule has 0 saturated heterocycles. The van der Waals surface area contributed by atoms with Crippen LogP contribution in [0.3, 0.4) is 0 Å². The third-order valence-electron chi connectivity index (χ3n) is 5.08. The second-order valence-electron chi connectivity index (χ2n) is 7.55. The van der Waals surface area contributed by atoms with Crippen LogP contribution >= 0.6 is 27.3 Å². The molecule has 0 saturated carbocycles. The van der Waals surface area contributed by atoms with Gasteiger partial charge >= 0.3 is 0 Å². The summed E-state index contributed by atoms with van der Waals surface area (Å²) < 4.78 is 7.97. The maximum Gasteiger partial charge on any atom is 0.282 e. The third kappa shape index (κ3) is 4.20. The summed E-state index contributed by atoms with van der Waals surface area (Å²) in [6, 6.07) is 13.4. The van der Waals surface area contributed by atoms with Crippen molar-refractivity contribution >= 4 is 44.4 Å². The van der Waals surface area contributed by atoms with Crippen molar-refractivity contribution in [3.63, 3.8) is 0 Å². The molecule has 2 aromatic heterocycles. The Morgan fingerprint density at radius 1 is 1.23 bits per heavy atom. The zero-order chi connectivity index (χ0) is 22.1. The lowest BCUT2D eigenvalue weighted by Crippen LogP contribution is -2.20. The van der Waals surface area contributed by atoms with E-state index in [-0.39, 0.29) is 11.5 Å². The average molecular weight is 496 g/mol. The van der Waals surface area contributed by atoms with Crippen LogP contribution in [0.25, 0.3) is 22.3 Å². The minimum Gasteiger partial charge on any atom is -0.496 e. The van der Waals surface area contributed by atoms with Crippen molar-refractivity contribution in [3.05, 3.63) is 78.7 Å². The zero-order valence-electron chi connectivity index (χ0n) is 17.7. The summed E-state index contributed by atoms with van der Waals surface area (Å²) in [5.74, 6) is 1.59. The van der Waals surface area contributed by atoms with Crippen molar-refractivity contribution in [3.8, 4) is 17.1 Å². The van der Waals surface area contributed by atoms with Crippen LogP contribution < -0.4 is 10.3 Å². The molecule has 4 rings (SSSR count). The molecule has 0 atom stereocenters. The van der Waals surface area contributed by atoms with Crippen LogP contribution in [-0.2, 0) is 0 Å². The average Bonchev–Trinajstić information content (AvgIpc) is 3.17. The van der Waals surface area contributed by atoms with Crippen molar-refractivity contribution in [1.82, 2.24) is 9.66 Å². The Morgan fingerprint density at radius 3 is 2.68 bits per heavy atom. The van der Waals surface area contributed by atoms with E-state index in [0.29, 0.717) is 16.7 Å². The molecule has 0 bridgehead atoms. The Morgan fingerprint density at radius 2 is 2.00 bits per heavy atom. The SMILES string of the molecule is COc1cc(C)c(-c2nc3ccccc3c(=O)n2N=Cc2cc(Br)cs2)cc1C(C)C. The van der Waals surface area contributed by atoms with E-state index in [9.17, 15) is 4.79 Å².